The Morgan fingerprint density at radius 2 is 2.15 bits per heavy atom. The maximum Gasteiger partial charge on any atom is 0.162 e. The summed E-state index contributed by atoms with van der Waals surface area (Å²) in [5, 5.41) is 11.1. The first-order chi connectivity index (χ1) is 6.42. The van der Waals surface area contributed by atoms with Gasteiger partial charge in [-0.05, 0) is 17.3 Å². The number of carbonyl (C=O) groups is 1. The number of aromatic nitrogens is 4. The zero-order chi connectivity index (χ0) is 9.10. The highest BCUT2D eigenvalue weighted by Crippen LogP contribution is 2.08. The van der Waals surface area contributed by atoms with Gasteiger partial charge in [0.15, 0.2) is 12.6 Å². The van der Waals surface area contributed by atoms with Crippen molar-refractivity contribution in [1.29, 1.82) is 0 Å². The first-order valence-corrected chi connectivity index (χ1v) is 3.69. The molecule has 5 heteroatoms. The van der Waals surface area contributed by atoms with Crippen LogP contribution in [-0.4, -0.2) is 26.5 Å². The van der Waals surface area contributed by atoms with E-state index in [0.717, 1.165) is 6.29 Å². The fraction of sp³-hybridized carbons (Fsp3) is 0. The van der Waals surface area contributed by atoms with Crippen molar-refractivity contribution in [2.75, 3.05) is 0 Å². The van der Waals surface area contributed by atoms with E-state index in [1.807, 2.05) is 6.07 Å². The van der Waals surface area contributed by atoms with E-state index < -0.39 is 0 Å². The normalized spacial score (nSPS) is 9.85. The zero-order valence-electron chi connectivity index (χ0n) is 6.66. The van der Waals surface area contributed by atoms with Crippen LogP contribution >= 0.6 is 0 Å². The van der Waals surface area contributed by atoms with Gasteiger partial charge in [0, 0.05) is 5.56 Å². The Balaban J connectivity index is 2.57. The van der Waals surface area contributed by atoms with Gasteiger partial charge in [0.1, 0.15) is 0 Å². The topological polar surface area (TPSA) is 60.7 Å². The van der Waals surface area contributed by atoms with E-state index in [0.29, 0.717) is 11.3 Å². The van der Waals surface area contributed by atoms with Gasteiger partial charge in [-0.1, -0.05) is 12.1 Å². The van der Waals surface area contributed by atoms with E-state index >= 15 is 0 Å². The van der Waals surface area contributed by atoms with Gasteiger partial charge in [-0.15, -0.1) is 15.0 Å². The van der Waals surface area contributed by atoms with Crippen molar-refractivity contribution in [2.45, 2.75) is 0 Å². The highest BCUT2D eigenvalue weighted by molar-refractivity contribution is 5.80. The summed E-state index contributed by atoms with van der Waals surface area (Å²) in [7, 11) is 0. The highest BCUT2D eigenvalue weighted by Gasteiger charge is 2.03. The molecule has 0 fully saturated rings. The Morgan fingerprint density at radius 3 is 2.85 bits per heavy atom. The molecule has 2 rings (SSSR count). The second-order valence-corrected chi connectivity index (χ2v) is 2.40. The van der Waals surface area contributed by atoms with Crippen molar-refractivity contribution in [3.05, 3.63) is 36.2 Å². The maximum absolute atomic E-state index is 10.6. The van der Waals surface area contributed by atoms with Crippen LogP contribution in [0, 0.1) is 0 Å². The van der Waals surface area contributed by atoms with Crippen molar-refractivity contribution in [3.8, 4) is 5.69 Å². The molecule has 0 saturated heterocycles. The lowest BCUT2D eigenvalue weighted by Crippen LogP contribution is -2.02. The Hall–Kier alpha value is -2.04. The van der Waals surface area contributed by atoms with Gasteiger partial charge in [0.05, 0.1) is 5.69 Å². The summed E-state index contributed by atoms with van der Waals surface area (Å²) in [6, 6.07) is 7.05. The molecule has 0 amide bonds. The molecule has 0 spiro atoms. The number of para-hydroxylation sites is 1. The smallest absolute Gasteiger partial charge is 0.162 e. The summed E-state index contributed by atoms with van der Waals surface area (Å²) in [5.41, 5.74) is 1.18. The molecule has 5 nitrogen and oxygen atoms in total. The van der Waals surface area contributed by atoms with Crippen LogP contribution in [0.15, 0.2) is 30.6 Å². The molecule has 0 aliphatic heterocycles. The molecule has 0 aliphatic rings. The molecule has 2 aromatic rings. The van der Waals surface area contributed by atoms with E-state index in [4.69, 9.17) is 0 Å². The van der Waals surface area contributed by atoms with Crippen molar-refractivity contribution >= 4 is 6.29 Å². The molecule has 1 aromatic heterocycles. The molecule has 0 N–H and O–H groups in total. The number of aldehydes is 1. The number of carbonyl (C=O) groups excluding carboxylic acids is 1. The molecule has 0 atom stereocenters. The number of hydrogen-bond donors (Lipinski definition) is 0. The molecule has 0 unspecified atom stereocenters. The Labute approximate surface area is 74.0 Å². The summed E-state index contributed by atoms with van der Waals surface area (Å²) in [6.07, 6.45) is 2.08. The van der Waals surface area contributed by atoms with Crippen LogP contribution < -0.4 is 0 Å². The molecular formula is C8H6N4O. The fourth-order valence-electron chi connectivity index (χ4n) is 1.05. The first kappa shape index (κ1) is 7.60. The van der Waals surface area contributed by atoms with Crippen molar-refractivity contribution in [3.63, 3.8) is 0 Å². The lowest BCUT2D eigenvalue weighted by atomic mass is 10.2. The van der Waals surface area contributed by atoms with Gasteiger partial charge < -0.3 is 0 Å². The van der Waals surface area contributed by atoms with E-state index in [1.54, 1.807) is 18.2 Å². The molecule has 13 heavy (non-hydrogen) atoms. The minimum absolute atomic E-state index is 0.542. The van der Waals surface area contributed by atoms with Gasteiger partial charge in [-0.2, -0.15) is 0 Å². The summed E-state index contributed by atoms with van der Waals surface area (Å²) in [5.74, 6) is 0. The van der Waals surface area contributed by atoms with Crippen LogP contribution in [0.2, 0.25) is 0 Å². The molecule has 1 aromatic carbocycles. The number of nitrogens with zero attached hydrogens (tertiary/aromatic N) is 4. The molecule has 0 bridgehead atoms. The van der Waals surface area contributed by atoms with Crippen LogP contribution in [-0.2, 0) is 0 Å². The van der Waals surface area contributed by atoms with Crippen molar-refractivity contribution in [1.82, 2.24) is 20.2 Å². The number of benzene rings is 1. The van der Waals surface area contributed by atoms with E-state index in [9.17, 15) is 4.79 Å². The van der Waals surface area contributed by atoms with Crippen molar-refractivity contribution < 1.29 is 4.79 Å². The van der Waals surface area contributed by atoms with Crippen LogP contribution in [0.3, 0.4) is 0 Å². The standard InChI is InChI=1S/C8H6N4O/c13-5-7-3-1-2-4-8(7)12-10-6-9-11-12/h1-6H. The molecule has 64 valence electrons. The predicted molar refractivity (Wildman–Crippen MR) is 44.5 cm³/mol. The third-order valence-corrected chi connectivity index (χ3v) is 1.63. The summed E-state index contributed by atoms with van der Waals surface area (Å²) >= 11 is 0. The molecular weight excluding hydrogens is 168 g/mol. The average Bonchev–Trinajstić information content (AvgIpc) is 2.70. The van der Waals surface area contributed by atoms with Gasteiger partial charge in [-0.3, -0.25) is 4.79 Å². The second kappa shape index (κ2) is 3.14. The Kier molecular flexibility index (Phi) is 1.84. The SMILES string of the molecule is O=Cc1ccccc1-n1ncnn1. The molecule has 1 heterocycles. The van der Waals surface area contributed by atoms with Crippen LogP contribution in [0.1, 0.15) is 10.4 Å². The summed E-state index contributed by atoms with van der Waals surface area (Å²) < 4.78 is 0. The maximum atomic E-state index is 10.6. The third kappa shape index (κ3) is 1.31. The highest BCUT2D eigenvalue weighted by atomic mass is 16.1. The quantitative estimate of drug-likeness (QED) is 0.621. The predicted octanol–water partition coefficient (Wildman–Crippen LogP) is 0.475. The molecule has 0 aliphatic carbocycles. The van der Waals surface area contributed by atoms with Crippen molar-refractivity contribution in [2.24, 2.45) is 0 Å². The third-order valence-electron chi connectivity index (χ3n) is 1.63. The minimum atomic E-state index is 0.542. The monoisotopic (exact) mass is 174 g/mol. The Bertz CT molecular complexity index is 410. The lowest BCUT2D eigenvalue weighted by molar-refractivity contribution is 0.112. The Morgan fingerprint density at radius 1 is 1.31 bits per heavy atom. The van der Waals surface area contributed by atoms with E-state index in [-0.39, 0.29) is 0 Å². The second-order valence-electron chi connectivity index (χ2n) is 2.40. The van der Waals surface area contributed by atoms with Gasteiger partial charge in [0.2, 0.25) is 0 Å². The molecule has 0 saturated carbocycles. The number of hydrogen-bond acceptors (Lipinski definition) is 4. The number of tetrazole rings is 1. The van der Waals surface area contributed by atoms with Crippen LogP contribution in [0.5, 0.6) is 0 Å². The van der Waals surface area contributed by atoms with Crippen LogP contribution in [0.25, 0.3) is 5.69 Å². The van der Waals surface area contributed by atoms with Gasteiger partial charge in [-0.25, -0.2) is 0 Å². The fourth-order valence-corrected chi connectivity index (χ4v) is 1.05. The zero-order valence-corrected chi connectivity index (χ0v) is 6.66. The first-order valence-electron chi connectivity index (χ1n) is 3.69. The minimum Gasteiger partial charge on any atom is -0.298 e. The average molecular weight is 174 g/mol. The van der Waals surface area contributed by atoms with Gasteiger partial charge in [0.25, 0.3) is 0 Å². The summed E-state index contributed by atoms with van der Waals surface area (Å²) in [6.45, 7) is 0. The molecule has 0 radical (unpaired) electrons. The van der Waals surface area contributed by atoms with Gasteiger partial charge >= 0.3 is 0 Å². The summed E-state index contributed by atoms with van der Waals surface area (Å²) in [4.78, 5) is 11.9. The van der Waals surface area contributed by atoms with E-state index in [1.165, 1.54) is 11.1 Å². The van der Waals surface area contributed by atoms with E-state index in [2.05, 4.69) is 15.4 Å². The lowest BCUT2D eigenvalue weighted by Gasteiger charge is -1.99. The number of rotatable bonds is 2. The van der Waals surface area contributed by atoms with Crippen LogP contribution in [0.4, 0.5) is 0 Å². The largest absolute Gasteiger partial charge is 0.298 e.